The molecule has 0 atom stereocenters. The molecule has 0 heterocycles. The Morgan fingerprint density at radius 2 is 2.18 bits per heavy atom. The molecule has 0 aliphatic heterocycles. The highest BCUT2D eigenvalue weighted by Gasteiger charge is 1.97. The highest BCUT2D eigenvalue weighted by molar-refractivity contribution is 7.97. The van der Waals surface area contributed by atoms with E-state index in [4.69, 9.17) is 11.6 Å². The molecule has 2 heteroatoms. The number of thioether (sulfide) groups is 1. The van der Waals surface area contributed by atoms with Gasteiger partial charge in [0.15, 0.2) is 0 Å². The summed E-state index contributed by atoms with van der Waals surface area (Å²) in [6, 6.07) is 6.13. The average Bonchev–Trinajstić information content (AvgIpc) is 1.98. The Bertz CT molecular complexity index is 245. The van der Waals surface area contributed by atoms with Gasteiger partial charge >= 0.3 is 0 Å². The highest BCUT2D eigenvalue weighted by Crippen LogP contribution is 2.20. The summed E-state index contributed by atoms with van der Waals surface area (Å²) in [6.45, 7) is 2.08. The first-order valence-electron chi connectivity index (χ1n) is 3.48. The standard InChI is InChI=1S/C9H11ClS/c1-7-3-4-9(10)8(5-7)6-11-2/h3-5H,6H2,1-2H3. The Morgan fingerprint density at radius 1 is 1.45 bits per heavy atom. The van der Waals surface area contributed by atoms with Gasteiger partial charge in [0.25, 0.3) is 0 Å². The van der Waals surface area contributed by atoms with Gasteiger partial charge in [-0.1, -0.05) is 29.3 Å². The van der Waals surface area contributed by atoms with Crippen LogP contribution in [0.15, 0.2) is 18.2 Å². The largest absolute Gasteiger partial charge is 0.161 e. The third kappa shape index (κ3) is 2.42. The van der Waals surface area contributed by atoms with E-state index in [1.165, 1.54) is 11.1 Å². The molecule has 0 bridgehead atoms. The van der Waals surface area contributed by atoms with E-state index in [0.717, 1.165) is 10.8 Å². The molecular weight excluding hydrogens is 176 g/mol. The van der Waals surface area contributed by atoms with E-state index in [9.17, 15) is 0 Å². The Labute approximate surface area is 77.0 Å². The van der Waals surface area contributed by atoms with Crippen LogP contribution < -0.4 is 0 Å². The van der Waals surface area contributed by atoms with Crippen molar-refractivity contribution in [2.45, 2.75) is 12.7 Å². The van der Waals surface area contributed by atoms with Gasteiger partial charge in [0.05, 0.1) is 0 Å². The summed E-state index contributed by atoms with van der Waals surface area (Å²) < 4.78 is 0. The molecule has 1 aromatic rings. The van der Waals surface area contributed by atoms with Crippen molar-refractivity contribution in [3.8, 4) is 0 Å². The monoisotopic (exact) mass is 186 g/mol. The zero-order valence-electron chi connectivity index (χ0n) is 6.73. The first-order chi connectivity index (χ1) is 5.24. The van der Waals surface area contributed by atoms with Crippen molar-refractivity contribution in [3.63, 3.8) is 0 Å². The predicted molar refractivity (Wildman–Crippen MR) is 53.4 cm³/mol. The summed E-state index contributed by atoms with van der Waals surface area (Å²) in [5.74, 6) is 1.00. The second kappa shape index (κ2) is 4.03. The van der Waals surface area contributed by atoms with Gasteiger partial charge in [-0.25, -0.2) is 0 Å². The maximum absolute atomic E-state index is 5.96. The smallest absolute Gasteiger partial charge is 0.0446 e. The van der Waals surface area contributed by atoms with Gasteiger partial charge in [-0.3, -0.25) is 0 Å². The lowest BCUT2D eigenvalue weighted by molar-refractivity contribution is 1.36. The maximum Gasteiger partial charge on any atom is 0.0446 e. The molecular formula is C9H11ClS. The molecule has 0 aromatic heterocycles. The van der Waals surface area contributed by atoms with Crippen LogP contribution in [-0.4, -0.2) is 6.26 Å². The minimum absolute atomic E-state index is 0.880. The lowest BCUT2D eigenvalue weighted by Crippen LogP contribution is -1.82. The Morgan fingerprint density at radius 3 is 2.82 bits per heavy atom. The molecule has 0 saturated heterocycles. The Balaban J connectivity index is 2.93. The van der Waals surface area contributed by atoms with Gasteiger partial charge < -0.3 is 0 Å². The fraction of sp³-hybridized carbons (Fsp3) is 0.333. The van der Waals surface area contributed by atoms with Crippen molar-refractivity contribution in [2.24, 2.45) is 0 Å². The summed E-state index contributed by atoms with van der Waals surface area (Å²) in [7, 11) is 0. The number of rotatable bonds is 2. The van der Waals surface area contributed by atoms with Crippen molar-refractivity contribution >= 4 is 23.4 Å². The SMILES string of the molecule is CSCc1cc(C)ccc1Cl. The maximum atomic E-state index is 5.96. The van der Waals surface area contributed by atoms with Crippen LogP contribution in [0.5, 0.6) is 0 Å². The van der Waals surface area contributed by atoms with Crippen molar-refractivity contribution in [1.29, 1.82) is 0 Å². The summed E-state index contributed by atoms with van der Waals surface area (Å²) in [4.78, 5) is 0. The fourth-order valence-electron chi connectivity index (χ4n) is 0.970. The lowest BCUT2D eigenvalue weighted by Gasteiger charge is -2.02. The number of hydrogen-bond donors (Lipinski definition) is 0. The summed E-state index contributed by atoms with van der Waals surface area (Å²) in [5, 5.41) is 0.880. The molecule has 0 radical (unpaired) electrons. The molecule has 0 nitrogen and oxygen atoms in total. The average molecular weight is 187 g/mol. The van der Waals surface area contributed by atoms with Crippen molar-refractivity contribution in [1.82, 2.24) is 0 Å². The zero-order chi connectivity index (χ0) is 8.27. The van der Waals surface area contributed by atoms with E-state index in [-0.39, 0.29) is 0 Å². The van der Waals surface area contributed by atoms with E-state index in [1.807, 2.05) is 12.1 Å². The molecule has 0 spiro atoms. The van der Waals surface area contributed by atoms with Crippen molar-refractivity contribution in [3.05, 3.63) is 34.3 Å². The van der Waals surface area contributed by atoms with Gasteiger partial charge in [0, 0.05) is 10.8 Å². The molecule has 60 valence electrons. The molecule has 1 rings (SSSR count). The van der Waals surface area contributed by atoms with Gasteiger partial charge in [-0.15, -0.1) is 0 Å². The second-order valence-electron chi connectivity index (χ2n) is 2.53. The van der Waals surface area contributed by atoms with E-state index in [2.05, 4.69) is 19.2 Å². The van der Waals surface area contributed by atoms with Crippen LogP contribution in [-0.2, 0) is 5.75 Å². The molecule has 0 aliphatic carbocycles. The quantitative estimate of drug-likeness (QED) is 0.681. The van der Waals surface area contributed by atoms with Gasteiger partial charge in [-0.05, 0) is 24.8 Å². The molecule has 1 aromatic carbocycles. The van der Waals surface area contributed by atoms with Crippen LogP contribution in [0.3, 0.4) is 0 Å². The summed E-state index contributed by atoms with van der Waals surface area (Å²) in [6.07, 6.45) is 2.08. The van der Waals surface area contributed by atoms with E-state index >= 15 is 0 Å². The van der Waals surface area contributed by atoms with Crippen molar-refractivity contribution in [2.75, 3.05) is 6.26 Å². The normalized spacial score (nSPS) is 10.1. The molecule has 0 unspecified atom stereocenters. The van der Waals surface area contributed by atoms with E-state index in [0.29, 0.717) is 0 Å². The second-order valence-corrected chi connectivity index (χ2v) is 3.80. The third-order valence-electron chi connectivity index (χ3n) is 1.50. The topological polar surface area (TPSA) is 0 Å². The minimum Gasteiger partial charge on any atom is -0.161 e. The lowest BCUT2D eigenvalue weighted by atomic mass is 10.2. The van der Waals surface area contributed by atoms with E-state index in [1.54, 1.807) is 11.8 Å². The number of hydrogen-bond acceptors (Lipinski definition) is 1. The first-order valence-corrected chi connectivity index (χ1v) is 5.25. The van der Waals surface area contributed by atoms with Crippen LogP contribution in [0.4, 0.5) is 0 Å². The first kappa shape index (κ1) is 8.95. The molecule has 0 aliphatic rings. The molecule has 11 heavy (non-hydrogen) atoms. The molecule has 0 N–H and O–H groups in total. The fourth-order valence-corrected chi connectivity index (χ4v) is 1.78. The highest BCUT2D eigenvalue weighted by atomic mass is 35.5. The van der Waals surface area contributed by atoms with Crippen LogP contribution in [0.1, 0.15) is 11.1 Å². The number of aryl methyl sites for hydroxylation is 1. The minimum atomic E-state index is 0.880. The third-order valence-corrected chi connectivity index (χ3v) is 2.47. The Kier molecular flexibility index (Phi) is 3.28. The number of halogens is 1. The predicted octanol–water partition coefficient (Wildman–Crippen LogP) is 3.51. The summed E-state index contributed by atoms with van der Waals surface area (Å²) >= 11 is 7.75. The van der Waals surface area contributed by atoms with E-state index < -0.39 is 0 Å². The van der Waals surface area contributed by atoms with Gasteiger partial charge in [0.2, 0.25) is 0 Å². The van der Waals surface area contributed by atoms with Gasteiger partial charge in [-0.2, -0.15) is 11.8 Å². The Hall–Kier alpha value is -0.140. The van der Waals surface area contributed by atoms with Crippen LogP contribution in [0, 0.1) is 6.92 Å². The zero-order valence-corrected chi connectivity index (χ0v) is 8.30. The van der Waals surface area contributed by atoms with Gasteiger partial charge in [0.1, 0.15) is 0 Å². The van der Waals surface area contributed by atoms with Crippen LogP contribution in [0.25, 0.3) is 0 Å². The molecule has 0 saturated carbocycles. The number of benzene rings is 1. The van der Waals surface area contributed by atoms with Crippen LogP contribution >= 0.6 is 23.4 Å². The van der Waals surface area contributed by atoms with Crippen LogP contribution in [0.2, 0.25) is 5.02 Å². The summed E-state index contributed by atoms with van der Waals surface area (Å²) in [5.41, 5.74) is 2.51. The molecule has 0 amide bonds. The molecule has 0 fully saturated rings. The van der Waals surface area contributed by atoms with Crippen molar-refractivity contribution < 1.29 is 0 Å².